The number of amides is 1. The molecule has 0 spiro atoms. The highest BCUT2D eigenvalue weighted by Gasteiger charge is 2.17. The normalized spacial score (nSPS) is 11.5. The van der Waals surface area contributed by atoms with Crippen molar-refractivity contribution in [3.8, 4) is 6.07 Å². The molecule has 34 heavy (non-hydrogen) atoms. The van der Waals surface area contributed by atoms with Crippen LogP contribution in [0.2, 0.25) is 5.02 Å². The smallest absolute Gasteiger partial charge is 0.280 e. The molecule has 2 aromatic carbocycles. The Morgan fingerprint density at radius 1 is 1.09 bits per heavy atom. The van der Waals surface area contributed by atoms with E-state index in [0.29, 0.717) is 44.3 Å². The SMILES string of the molecule is Cc1c(Cl)cccc1NC(=O)C(C#N)=Cc1cc(C)n(-n2c(C)nc3ccccc3c2=O)c1C. The van der Waals surface area contributed by atoms with E-state index < -0.39 is 5.91 Å². The van der Waals surface area contributed by atoms with Crippen LogP contribution in [0.3, 0.4) is 0 Å². The van der Waals surface area contributed by atoms with Crippen LogP contribution in [-0.4, -0.2) is 20.2 Å². The second kappa shape index (κ2) is 9.00. The number of fused-ring (bicyclic) bond motifs is 1. The summed E-state index contributed by atoms with van der Waals surface area (Å²) >= 11 is 6.13. The van der Waals surface area contributed by atoms with Gasteiger partial charge in [0.05, 0.1) is 10.9 Å². The van der Waals surface area contributed by atoms with Crippen molar-refractivity contribution in [3.63, 3.8) is 0 Å². The third-order valence-electron chi connectivity index (χ3n) is 5.73. The van der Waals surface area contributed by atoms with Crippen LogP contribution in [0.15, 0.2) is 58.9 Å². The number of carbonyl (C=O) groups is 1. The molecule has 0 atom stereocenters. The first kappa shape index (κ1) is 23.0. The van der Waals surface area contributed by atoms with Crippen molar-refractivity contribution < 1.29 is 4.79 Å². The zero-order valence-electron chi connectivity index (χ0n) is 19.2. The Hall–Kier alpha value is -4.15. The molecule has 0 aliphatic carbocycles. The maximum Gasteiger partial charge on any atom is 0.280 e. The molecule has 0 radical (unpaired) electrons. The van der Waals surface area contributed by atoms with Crippen LogP contribution in [0.5, 0.6) is 0 Å². The summed E-state index contributed by atoms with van der Waals surface area (Å²) in [5.41, 5.74) is 3.71. The molecule has 1 N–H and O–H groups in total. The number of halogens is 1. The lowest BCUT2D eigenvalue weighted by atomic mass is 10.1. The number of nitrogens with zero attached hydrogens (tertiary/aromatic N) is 4. The zero-order valence-corrected chi connectivity index (χ0v) is 19.9. The quantitative estimate of drug-likeness (QED) is 0.337. The largest absolute Gasteiger partial charge is 0.321 e. The average molecular weight is 472 g/mol. The summed E-state index contributed by atoms with van der Waals surface area (Å²) in [7, 11) is 0. The van der Waals surface area contributed by atoms with E-state index in [-0.39, 0.29) is 11.1 Å². The van der Waals surface area contributed by atoms with Crippen LogP contribution in [0.1, 0.15) is 28.3 Å². The van der Waals surface area contributed by atoms with Gasteiger partial charge >= 0.3 is 0 Å². The Bertz CT molecular complexity index is 1590. The van der Waals surface area contributed by atoms with Crippen LogP contribution in [0.4, 0.5) is 5.69 Å². The highest BCUT2D eigenvalue weighted by atomic mass is 35.5. The molecule has 0 unspecified atom stereocenters. The Morgan fingerprint density at radius 3 is 2.56 bits per heavy atom. The summed E-state index contributed by atoms with van der Waals surface area (Å²) in [6.07, 6.45) is 1.52. The minimum Gasteiger partial charge on any atom is -0.321 e. The first-order chi connectivity index (χ1) is 16.2. The molecule has 2 heterocycles. The van der Waals surface area contributed by atoms with Crippen molar-refractivity contribution in [1.82, 2.24) is 14.3 Å². The Labute approximate surface area is 201 Å². The number of aromatic nitrogens is 3. The third-order valence-corrected chi connectivity index (χ3v) is 6.14. The third kappa shape index (κ3) is 4.00. The molecule has 0 saturated carbocycles. The van der Waals surface area contributed by atoms with E-state index in [1.807, 2.05) is 32.0 Å². The van der Waals surface area contributed by atoms with Gasteiger partial charge in [-0.25, -0.2) is 4.98 Å². The lowest BCUT2D eigenvalue weighted by Gasteiger charge is -2.16. The van der Waals surface area contributed by atoms with E-state index in [9.17, 15) is 14.9 Å². The van der Waals surface area contributed by atoms with Crippen molar-refractivity contribution in [3.05, 3.63) is 97.8 Å². The highest BCUT2D eigenvalue weighted by molar-refractivity contribution is 6.31. The molecule has 0 aliphatic rings. The number of benzene rings is 2. The molecule has 7 nitrogen and oxygen atoms in total. The number of hydrogen-bond donors (Lipinski definition) is 1. The molecule has 170 valence electrons. The number of anilines is 1. The summed E-state index contributed by atoms with van der Waals surface area (Å²) < 4.78 is 3.25. The number of hydrogen-bond acceptors (Lipinski definition) is 4. The number of nitrogens with one attached hydrogen (secondary N) is 1. The van der Waals surface area contributed by atoms with Crippen molar-refractivity contribution >= 4 is 40.2 Å². The summed E-state index contributed by atoms with van der Waals surface area (Å²) in [6, 6.07) is 16.2. The van der Waals surface area contributed by atoms with Gasteiger partial charge in [-0.05, 0) is 75.2 Å². The topological polar surface area (TPSA) is 92.7 Å². The van der Waals surface area contributed by atoms with Gasteiger partial charge in [0.2, 0.25) is 0 Å². The summed E-state index contributed by atoms with van der Waals surface area (Å²) in [5, 5.41) is 13.4. The predicted octanol–water partition coefficient (Wildman–Crippen LogP) is 4.94. The molecule has 1 amide bonds. The molecule has 4 rings (SSSR count). The second-order valence-corrected chi connectivity index (χ2v) is 8.37. The highest BCUT2D eigenvalue weighted by Crippen LogP contribution is 2.24. The monoisotopic (exact) mass is 471 g/mol. The summed E-state index contributed by atoms with van der Waals surface area (Å²) in [6.45, 7) is 7.24. The van der Waals surface area contributed by atoms with Gasteiger partial charge in [-0.15, -0.1) is 0 Å². The Balaban J connectivity index is 1.77. The van der Waals surface area contributed by atoms with E-state index >= 15 is 0 Å². The maximum absolute atomic E-state index is 13.3. The number of carbonyl (C=O) groups excluding carboxylic acids is 1. The van der Waals surface area contributed by atoms with E-state index in [2.05, 4.69) is 10.3 Å². The molecule has 4 aromatic rings. The van der Waals surface area contributed by atoms with Gasteiger partial charge in [0, 0.05) is 22.1 Å². The van der Waals surface area contributed by atoms with Gasteiger partial charge in [0.15, 0.2) is 0 Å². The van der Waals surface area contributed by atoms with Crippen molar-refractivity contribution in [2.45, 2.75) is 27.7 Å². The van der Waals surface area contributed by atoms with Crippen LogP contribution in [0, 0.1) is 39.0 Å². The van der Waals surface area contributed by atoms with E-state index in [1.165, 1.54) is 10.8 Å². The molecule has 0 fully saturated rings. The van der Waals surface area contributed by atoms with Gasteiger partial charge in [-0.2, -0.15) is 9.94 Å². The fourth-order valence-corrected chi connectivity index (χ4v) is 4.11. The Morgan fingerprint density at radius 2 is 1.82 bits per heavy atom. The lowest BCUT2D eigenvalue weighted by Crippen LogP contribution is -2.30. The van der Waals surface area contributed by atoms with Crippen LogP contribution >= 0.6 is 11.6 Å². The molecule has 2 aromatic heterocycles. The Kier molecular flexibility index (Phi) is 6.10. The van der Waals surface area contributed by atoms with Crippen LogP contribution < -0.4 is 10.9 Å². The van der Waals surface area contributed by atoms with Gasteiger partial charge in [-0.3, -0.25) is 14.3 Å². The van der Waals surface area contributed by atoms with Crippen molar-refractivity contribution in [1.29, 1.82) is 5.26 Å². The zero-order chi connectivity index (χ0) is 24.6. The molecule has 0 aliphatic heterocycles. The first-order valence-electron chi connectivity index (χ1n) is 10.6. The second-order valence-electron chi connectivity index (χ2n) is 7.97. The molecular formula is C26H22ClN5O2. The van der Waals surface area contributed by atoms with Gasteiger partial charge < -0.3 is 5.32 Å². The average Bonchev–Trinajstić information content (AvgIpc) is 3.08. The molecular weight excluding hydrogens is 450 g/mol. The van der Waals surface area contributed by atoms with E-state index in [0.717, 1.165) is 5.69 Å². The summed E-state index contributed by atoms with van der Waals surface area (Å²) in [5.74, 6) is -0.0194. The standard InChI is InChI=1S/C26H22ClN5O2/c1-15-12-19(13-20(14-28)25(33)30-23-11-7-9-22(27)16(23)2)17(3)31(15)32-18(4)29-24-10-6-5-8-21(24)26(32)34/h5-13H,1-4H3,(H,30,33). The van der Waals surface area contributed by atoms with Crippen molar-refractivity contribution in [2.75, 3.05) is 5.32 Å². The molecule has 0 bridgehead atoms. The number of aryl methyl sites for hydroxylation is 2. The maximum atomic E-state index is 13.3. The number of para-hydroxylation sites is 1. The van der Waals surface area contributed by atoms with Crippen molar-refractivity contribution in [2.24, 2.45) is 0 Å². The van der Waals surface area contributed by atoms with Crippen LogP contribution in [-0.2, 0) is 4.79 Å². The fraction of sp³-hybridized carbons (Fsp3) is 0.154. The first-order valence-corrected chi connectivity index (χ1v) is 11.0. The fourth-order valence-electron chi connectivity index (χ4n) is 3.94. The minimum atomic E-state index is -0.543. The van der Waals surface area contributed by atoms with Gasteiger partial charge in [0.1, 0.15) is 17.5 Å². The molecule has 0 saturated heterocycles. The van der Waals surface area contributed by atoms with E-state index in [1.54, 1.807) is 54.9 Å². The number of rotatable bonds is 4. The van der Waals surface area contributed by atoms with Gasteiger partial charge in [-0.1, -0.05) is 29.8 Å². The van der Waals surface area contributed by atoms with Gasteiger partial charge in [0.25, 0.3) is 11.5 Å². The summed E-state index contributed by atoms with van der Waals surface area (Å²) in [4.78, 5) is 30.7. The van der Waals surface area contributed by atoms with E-state index in [4.69, 9.17) is 11.6 Å². The predicted molar refractivity (Wildman–Crippen MR) is 134 cm³/mol. The minimum absolute atomic E-state index is 0.0691. The van der Waals surface area contributed by atoms with Crippen LogP contribution in [0.25, 0.3) is 17.0 Å². The number of nitriles is 1. The molecule has 8 heteroatoms. The lowest BCUT2D eigenvalue weighted by molar-refractivity contribution is -0.112.